The molecule has 34 heavy (non-hydrogen) atoms. The van der Waals surface area contributed by atoms with Crippen LogP contribution in [0.4, 0.5) is 0 Å². The normalized spacial score (nSPS) is 46.6. The van der Waals surface area contributed by atoms with Crippen LogP contribution < -0.4 is 0 Å². The van der Waals surface area contributed by atoms with Gasteiger partial charge in [-0.2, -0.15) is 0 Å². The van der Waals surface area contributed by atoms with E-state index in [1.54, 1.807) is 0 Å². The molecule has 0 amide bonds. The summed E-state index contributed by atoms with van der Waals surface area (Å²) in [5.74, 6) is 1.90. The third kappa shape index (κ3) is 4.07. The summed E-state index contributed by atoms with van der Waals surface area (Å²) in [5.41, 5.74) is 3.37. The minimum atomic E-state index is -0.226. The smallest absolute Gasteiger partial charge is 0.0594 e. The molecule has 198 valence electrons. The zero-order chi connectivity index (χ0) is 23.7. The van der Waals surface area contributed by atoms with Crippen LogP contribution in [-0.4, -0.2) is 22.4 Å². The Hall–Kier alpha value is -0.600. The number of hydrogen-bond donors (Lipinski definition) is 2. The quantitative estimate of drug-likeness (QED) is 0.400. The Morgan fingerprint density at radius 1 is 0.882 bits per heavy atom. The van der Waals surface area contributed by atoms with Gasteiger partial charge in [-0.3, -0.25) is 0 Å². The number of hydrogen-bond acceptors (Lipinski definition) is 2. The van der Waals surface area contributed by atoms with Crippen LogP contribution in [0.1, 0.15) is 121 Å². The third-order valence-corrected chi connectivity index (χ3v) is 11.9. The lowest BCUT2D eigenvalue weighted by atomic mass is 9.35. The average Bonchev–Trinajstić information content (AvgIpc) is 3.07. The first kappa shape index (κ1) is 29.6. The lowest BCUT2D eigenvalue weighted by molar-refractivity contribution is -0.240. The Kier molecular flexibility index (Phi) is 8.45. The zero-order valence-corrected chi connectivity index (χ0v) is 22.0. The SMILES string of the molecule is C.C.C=C(CCC=C(C)C)C1CC[C@]2(C)C1[C@H](O)CC1[C@@]3(C)CC[C@H](O)C(C)(C)C3CC[C@]12C. The van der Waals surface area contributed by atoms with Gasteiger partial charge in [0.1, 0.15) is 0 Å². The van der Waals surface area contributed by atoms with Crippen molar-refractivity contribution < 1.29 is 10.2 Å². The highest BCUT2D eigenvalue weighted by Crippen LogP contribution is 2.75. The van der Waals surface area contributed by atoms with Crippen molar-refractivity contribution in [3.05, 3.63) is 23.8 Å². The zero-order valence-electron chi connectivity index (χ0n) is 22.0. The minimum Gasteiger partial charge on any atom is -0.393 e. The number of aliphatic hydroxyl groups is 2. The molecule has 0 aromatic heterocycles. The van der Waals surface area contributed by atoms with Gasteiger partial charge in [0.25, 0.3) is 0 Å². The van der Waals surface area contributed by atoms with Gasteiger partial charge >= 0.3 is 0 Å². The van der Waals surface area contributed by atoms with E-state index in [0.717, 1.165) is 32.1 Å². The summed E-state index contributed by atoms with van der Waals surface area (Å²) in [6.07, 6.45) is 11.9. The highest BCUT2D eigenvalue weighted by Gasteiger charge is 2.70. The molecular weight excluding hydrogens is 416 g/mol. The van der Waals surface area contributed by atoms with E-state index < -0.39 is 0 Å². The molecule has 0 aromatic rings. The maximum Gasteiger partial charge on any atom is 0.0594 e. The predicted octanol–water partition coefficient (Wildman–Crippen LogP) is 8.58. The van der Waals surface area contributed by atoms with Crippen molar-refractivity contribution in [2.45, 2.75) is 133 Å². The van der Waals surface area contributed by atoms with E-state index in [1.165, 1.54) is 36.8 Å². The molecule has 4 aliphatic carbocycles. The number of allylic oxidation sites excluding steroid dienone is 3. The van der Waals surface area contributed by atoms with Crippen molar-refractivity contribution in [3.63, 3.8) is 0 Å². The van der Waals surface area contributed by atoms with Crippen molar-refractivity contribution in [2.75, 3.05) is 0 Å². The predicted molar refractivity (Wildman–Crippen MR) is 148 cm³/mol. The molecule has 2 nitrogen and oxygen atoms in total. The molecule has 0 aliphatic heterocycles. The first-order chi connectivity index (χ1) is 14.8. The molecule has 0 saturated heterocycles. The first-order valence-corrected chi connectivity index (χ1v) is 13.5. The van der Waals surface area contributed by atoms with Crippen molar-refractivity contribution in [1.29, 1.82) is 0 Å². The van der Waals surface area contributed by atoms with Crippen molar-refractivity contribution >= 4 is 0 Å². The van der Waals surface area contributed by atoms with E-state index in [-0.39, 0.29) is 48.7 Å². The van der Waals surface area contributed by atoms with E-state index >= 15 is 0 Å². The molecule has 0 spiro atoms. The van der Waals surface area contributed by atoms with Gasteiger partial charge in [0, 0.05) is 0 Å². The summed E-state index contributed by atoms with van der Waals surface area (Å²) >= 11 is 0. The van der Waals surface area contributed by atoms with Gasteiger partial charge in [0.15, 0.2) is 0 Å². The van der Waals surface area contributed by atoms with Gasteiger partial charge in [-0.25, -0.2) is 0 Å². The summed E-state index contributed by atoms with van der Waals surface area (Å²) in [7, 11) is 0. The molecule has 2 N–H and O–H groups in total. The maximum absolute atomic E-state index is 11.7. The summed E-state index contributed by atoms with van der Waals surface area (Å²) in [6, 6.07) is 0. The van der Waals surface area contributed by atoms with Gasteiger partial charge in [-0.15, -0.1) is 0 Å². The summed E-state index contributed by atoms with van der Waals surface area (Å²) < 4.78 is 0. The van der Waals surface area contributed by atoms with E-state index in [1.807, 2.05) is 0 Å². The fourth-order valence-corrected chi connectivity index (χ4v) is 9.94. The van der Waals surface area contributed by atoms with Crippen LogP contribution in [0.3, 0.4) is 0 Å². The number of rotatable bonds is 4. The molecule has 0 aromatic carbocycles. The van der Waals surface area contributed by atoms with Crippen LogP contribution in [0.2, 0.25) is 0 Å². The monoisotopic (exact) mass is 474 g/mol. The summed E-state index contributed by atoms with van der Waals surface area (Å²) in [5, 5.41) is 22.6. The topological polar surface area (TPSA) is 40.5 Å². The Morgan fingerprint density at radius 2 is 1.50 bits per heavy atom. The van der Waals surface area contributed by atoms with Gasteiger partial charge in [-0.1, -0.05) is 73.3 Å². The fourth-order valence-electron chi connectivity index (χ4n) is 9.94. The van der Waals surface area contributed by atoms with Gasteiger partial charge in [0.05, 0.1) is 12.2 Å². The molecule has 0 bridgehead atoms. The van der Waals surface area contributed by atoms with Gasteiger partial charge < -0.3 is 10.2 Å². The number of aliphatic hydroxyl groups excluding tert-OH is 2. The van der Waals surface area contributed by atoms with Crippen molar-refractivity contribution in [2.24, 2.45) is 45.3 Å². The van der Waals surface area contributed by atoms with E-state index in [2.05, 4.69) is 61.1 Å². The minimum absolute atomic E-state index is 0. The van der Waals surface area contributed by atoms with E-state index in [0.29, 0.717) is 23.7 Å². The molecular formula is C32H58O2. The van der Waals surface area contributed by atoms with Crippen LogP contribution in [0.5, 0.6) is 0 Å². The average molecular weight is 475 g/mol. The Balaban J connectivity index is 0.00000204. The molecule has 4 fully saturated rings. The second-order valence-electron chi connectivity index (χ2n) is 13.8. The van der Waals surface area contributed by atoms with Crippen LogP contribution in [-0.2, 0) is 0 Å². The highest BCUT2D eigenvalue weighted by molar-refractivity contribution is 5.22. The molecule has 4 saturated carbocycles. The highest BCUT2D eigenvalue weighted by atomic mass is 16.3. The van der Waals surface area contributed by atoms with E-state index in [9.17, 15) is 10.2 Å². The molecule has 4 rings (SSSR count). The lowest BCUT2D eigenvalue weighted by Crippen LogP contribution is -2.66. The number of fused-ring (bicyclic) bond motifs is 5. The molecule has 4 aliphatic rings. The summed E-state index contributed by atoms with van der Waals surface area (Å²) in [4.78, 5) is 0. The Labute approximate surface area is 212 Å². The fraction of sp³-hybridized carbons (Fsp3) is 0.875. The Bertz CT molecular complexity index is 776. The van der Waals surface area contributed by atoms with Crippen LogP contribution in [0.25, 0.3) is 0 Å². The molecule has 4 unspecified atom stereocenters. The largest absolute Gasteiger partial charge is 0.393 e. The first-order valence-electron chi connectivity index (χ1n) is 13.5. The maximum atomic E-state index is 11.7. The van der Waals surface area contributed by atoms with Crippen LogP contribution in [0, 0.1) is 45.3 Å². The third-order valence-electron chi connectivity index (χ3n) is 11.9. The Morgan fingerprint density at radius 3 is 2.12 bits per heavy atom. The van der Waals surface area contributed by atoms with Crippen LogP contribution in [0.15, 0.2) is 23.8 Å². The molecule has 2 heteroatoms. The van der Waals surface area contributed by atoms with Crippen LogP contribution >= 0.6 is 0 Å². The van der Waals surface area contributed by atoms with Gasteiger partial charge in [0.2, 0.25) is 0 Å². The van der Waals surface area contributed by atoms with Crippen molar-refractivity contribution in [1.82, 2.24) is 0 Å². The molecule has 0 heterocycles. The lowest BCUT2D eigenvalue weighted by Gasteiger charge is -2.70. The second kappa shape index (κ2) is 9.70. The summed E-state index contributed by atoms with van der Waals surface area (Å²) in [6.45, 7) is 21.1. The van der Waals surface area contributed by atoms with Gasteiger partial charge in [-0.05, 0) is 117 Å². The van der Waals surface area contributed by atoms with Crippen molar-refractivity contribution in [3.8, 4) is 0 Å². The molecule has 9 atom stereocenters. The standard InChI is InChI=1S/C30H50O2.2CH4/c1-19(2)10-9-11-20(3)21-12-16-30(8)26(21)22(31)18-24-28(6)15-14-25(32)27(4,5)23(28)13-17-29(24,30)7;;/h10,21-26,31-32H,3,9,11-18H2,1-2,4-8H3;2*1H4/t21?,22-,23?,24?,25+,26?,28+,29-,30-;;/m1../s1. The second-order valence-corrected chi connectivity index (χ2v) is 13.8. The van der Waals surface area contributed by atoms with E-state index in [4.69, 9.17) is 0 Å². The molecule has 0 radical (unpaired) electrons.